The van der Waals surface area contributed by atoms with E-state index >= 15 is 0 Å². The smallest absolute Gasteiger partial charge is 0.244 e. The summed E-state index contributed by atoms with van der Waals surface area (Å²) >= 11 is 1.44. The van der Waals surface area contributed by atoms with Gasteiger partial charge < -0.3 is 5.32 Å². The van der Waals surface area contributed by atoms with Crippen LogP contribution >= 0.6 is 11.3 Å². The molecule has 0 atom stereocenters. The molecule has 1 N–H and O–H groups in total. The van der Waals surface area contributed by atoms with Crippen molar-refractivity contribution >= 4 is 32.2 Å². The lowest BCUT2D eigenvalue weighted by Gasteiger charge is -2.25. The summed E-state index contributed by atoms with van der Waals surface area (Å²) in [6.07, 6.45) is 0. The van der Waals surface area contributed by atoms with Gasteiger partial charge in [0, 0.05) is 46.8 Å². The van der Waals surface area contributed by atoms with Crippen LogP contribution in [0.1, 0.15) is 4.88 Å². The molecule has 0 aliphatic carbocycles. The van der Waals surface area contributed by atoms with Crippen molar-refractivity contribution in [3.05, 3.63) is 16.3 Å². The molecule has 102 valence electrons. The number of thiophene rings is 1. The molecule has 1 fully saturated rings. The quantitative estimate of drug-likeness (QED) is 0.864. The van der Waals surface area contributed by atoms with E-state index in [1.165, 1.54) is 15.6 Å². The summed E-state index contributed by atoms with van der Waals surface area (Å²) in [6, 6.07) is 1.65. The number of hydrogen-bond acceptors (Lipinski definition) is 5. The molecule has 0 bridgehead atoms. The molecule has 1 saturated heterocycles. The maximum absolute atomic E-state index is 12.5. The molecule has 8 heteroatoms. The van der Waals surface area contributed by atoms with Gasteiger partial charge in [0.2, 0.25) is 10.0 Å². The van der Waals surface area contributed by atoms with Crippen LogP contribution in [0, 0.1) is 0 Å². The number of sulfonamides is 1. The van der Waals surface area contributed by atoms with Crippen LogP contribution in [0.5, 0.6) is 0 Å². The minimum atomic E-state index is -3.43. The van der Waals surface area contributed by atoms with Gasteiger partial charge in [-0.15, -0.1) is 11.3 Å². The topological polar surface area (TPSA) is 66.5 Å². The molecule has 0 unspecified atom stereocenters. The first kappa shape index (κ1) is 14.1. The van der Waals surface area contributed by atoms with E-state index in [-0.39, 0.29) is 0 Å². The van der Waals surface area contributed by atoms with Gasteiger partial charge in [0.05, 0.1) is 4.90 Å². The minimum Gasteiger partial charge on any atom is -0.315 e. The second kappa shape index (κ2) is 5.79. The van der Waals surface area contributed by atoms with E-state index in [1.54, 1.807) is 18.5 Å². The first-order chi connectivity index (χ1) is 8.55. The third-order valence-corrected chi connectivity index (χ3v) is 7.11. The van der Waals surface area contributed by atoms with E-state index in [1.807, 2.05) is 0 Å². The fourth-order valence-corrected chi connectivity index (χ4v) is 6.00. The molecule has 0 saturated carbocycles. The monoisotopic (exact) mass is 308 g/mol. The summed E-state index contributed by atoms with van der Waals surface area (Å²) < 4.78 is 37.6. The molecule has 5 nitrogen and oxygen atoms in total. The first-order valence-corrected chi connectivity index (χ1v) is 9.42. The van der Waals surface area contributed by atoms with Crippen LogP contribution in [-0.4, -0.2) is 48.6 Å². The van der Waals surface area contributed by atoms with Crippen LogP contribution in [0.15, 0.2) is 16.3 Å². The van der Waals surface area contributed by atoms with Gasteiger partial charge in [0.15, 0.2) is 0 Å². The molecule has 0 aromatic carbocycles. The third kappa shape index (κ3) is 2.83. The van der Waals surface area contributed by atoms with Gasteiger partial charge in [-0.3, -0.25) is 4.21 Å². The van der Waals surface area contributed by atoms with Gasteiger partial charge >= 0.3 is 0 Å². The van der Waals surface area contributed by atoms with E-state index < -0.39 is 20.8 Å². The van der Waals surface area contributed by atoms with E-state index in [0.717, 1.165) is 4.88 Å². The lowest BCUT2D eigenvalue weighted by molar-refractivity contribution is 0.438. The number of rotatable bonds is 4. The highest BCUT2D eigenvalue weighted by atomic mass is 32.2. The van der Waals surface area contributed by atoms with Crippen LogP contribution in [-0.2, 0) is 27.4 Å². The maximum atomic E-state index is 12.5. The van der Waals surface area contributed by atoms with Gasteiger partial charge in [-0.05, 0) is 18.5 Å². The molecule has 2 heterocycles. The Kier molecular flexibility index (Phi) is 4.54. The maximum Gasteiger partial charge on any atom is 0.244 e. The predicted molar refractivity (Wildman–Crippen MR) is 73.7 cm³/mol. The lowest BCUT2D eigenvalue weighted by Crippen LogP contribution is -2.41. The molecule has 2 rings (SSSR count). The number of nitrogens with zero attached hydrogens (tertiary/aromatic N) is 1. The normalized spacial score (nSPS) is 19.2. The van der Waals surface area contributed by atoms with Crippen molar-refractivity contribution in [2.24, 2.45) is 0 Å². The fourth-order valence-electron chi connectivity index (χ4n) is 1.85. The molecule has 0 amide bonds. The largest absolute Gasteiger partial charge is 0.315 e. The molecule has 1 aromatic heterocycles. The molecule has 0 radical (unpaired) electrons. The van der Waals surface area contributed by atoms with E-state index in [0.29, 0.717) is 36.0 Å². The standard InChI is InChI=1S/C10H16N2O3S3/c1-11-8-9-10(2-5-16-9)18(14,15)12-3-6-17(13)7-4-12/h2,5,11H,3-4,6-8H2,1H3. The highest BCUT2D eigenvalue weighted by Gasteiger charge is 2.30. The second-order valence-electron chi connectivity index (χ2n) is 3.99. The van der Waals surface area contributed by atoms with E-state index in [4.69, 9.17) is 0 Å². The number of hydrogen-bond donors (Lipinski definition) is 1. The van der Waals surface area contributed by atoms with Crippen LogP contribution in [0.2, 0.25) is 0 Å². The molecular formula is C10H16N2O3S3. The van der Waals surface area contributed by atoms with Gasteiger partial charge in [-0.25, -0.2) is 8.42 Å². The van der Waals surface area contributed by atoms with Crippen molar-refractivity contribution in [2.75, 3.05) is 31.6 Å². The summed E-state index contributed by atoms with van der Waals surface area (Å²) in [5.74, 6) is 0.870. The second-order valence-corrected chi connectivity index (χ2v) is 8.59. The lowest BCUT2D eigenvalue weighted by atomic mass is 10.5. The van der Waals surface area contributed by atoms with Crippen molar-refractivity contribution in [2.45, 2.75) is 11.4 Å². The van der Waals surface area contributed by atoms with Crippen LogP contribution in [0.3, 0.4) is 0 Å². The van der Waals surface area contributed by atoms with Crippen LogP contribution in [0.4, 0.5) is 0 Å². The Morgan fingerprint density at radius 2 is 2.11 bits per heavy atom. The Morgan fingerprint density at radius 1 is 1.44 bits per heavy atom. The summed E-state index contributed by atoms with van der Waals surface area (Å²) in [7, 11) is -2.50. The average molecular weight is 308 g/mol. The zero-order valence-corrected chi connectivity index (χ0v) is 12.5. The van der Waals surface area contributed by atoms with Crippen molar-refractivity contribution in [3.63, 3.8) is 0 Å². The van der Waals surface area contributed by atoms with Crippen LogP contribution < -0.4 is 5.32 Å². The Bertz CT molecular complexity index is 528. The molecule has 1 aromatic rings. The fraction of sp³-hybridized carbons (Fsp3) is 0.600. The third-order valence-electron chi connectivity index (χ3n) is 2.80. The highest BCUT2D eigenvalue weighted by molar-refractivity contribution is 7.89. The van der Waals surface area contributed by atoms with E-state index in [9.17, 15) is 12.6 Å². The zero-order valence-electron chi connectivity index (χ0n) is 10.1. The van der Waals surface area contributed by atoms with E-state index in [2.05, 4.69) is 5.32 Å². The molecular weight excluding hydrogens is 292 g/mol. The first-order valence-electron chi connectivity index (χ1n) is 5.62. The summed E-state index contributed by atoms with van der Waals surface area (Å²) in [5, 5.41) is 4.76. The molecule has 0 spiro atoms. The van der Waals surface area contributed by atoms with Gasteiger partial charge in [0.1, 0.15) is 0 Å². The zero-order chi connectivity index (χ0) is 13.2. The van der Waals surface area contributed by atoms with Crippen LogP contribution in [0.25, 0.3) is 0 Å². The average Bonchev–Trinajstić information content (AvgIpc) is 2.79. The molecule has 1 aliphatic rings. The SMILES string of the molecule is CNCc1sccc1S(=O)(=O)N1CCS(=O)CC1. The van der Waals surface area contributed by atoms with Crippen molar-refractivity contribution in [3.8, 4) is 0 Å². The van der Waals surface area contributed by atoms with Gasteiger partial charge in [-0.2, -0.15) is 4.31 Å². The summed E-state index contributed by atoms with van der Waals surface area (Å²) in [5.41, 5.74) is 0. The van der Waals surface area contributed by atoms with Crippen molar-refractivity contribution in [1.29, 1.82) is 0 Å². The Balaban J connectivity index is 2.25. The van der Waals surface area contributed by atoms with Gasteiger partial charge in [-0.1, -0.05) is 0 Å². The predicted octanol–water partition coefficient (Wildman–Crippen LogP) is 0.221. The number of nitrogens with one attached hydrogen (secondary N) is 1. The van der Waals surface area contributed by atoms with Crippen molar-refractivity contribution < 1.29 is 12.6 Å². The minimum absolute atomic E-state index is 0.351. The Morgan fingerprint density at radius 3 is 2.72 bits per heavy atom. The Hall–Kier alpha value is -0.280. The molecule has 1 aliphatic heterocycles. The summed E-state index contributed by atoms with van der Waals surface area (Å²) in [4.78, 5) is 1.21. The molecule has 18 heavy (non-hydrogen) atoms. The van der Waals surface area contributed by atoms with Crippen molar-refractivity contribution in [1.82, 2.24) is 9.62 Å². The Labute approximate surface area is 114 Å². The summed E-state index contributed by atoms with van der Waals surface area (Å²) in [6.45, 7) is 1.25. The highest BCUT2D eigenvalue weighted by Crippen LogP contribution is 2.25. The van der Waals surface area contributed by atoms with Gasteiger partial charge in [0.25, 0.3) is 0 Å².